The van der Waals surface area contributed by atoms with Crippen LogP contribution in [0.1, 0.15) is 17.4 Å². The first kappa shape index (κ1) is 9.69. The number of carbonyl (C=O) groups is 1. The summed E-state index contributed by atoms with van der Waals surface area (Å²) in [4.78, 5) is 10.5. The lowest BCUT2D eigenvalue weighted by Gasteiger charge is -2.13. The first-order valence-electron chi connectivity index (χ1n) is 3.69. The smallest absolute Gasteiger partial charge is 0.249 e. The maximum absolute atomic E-state index is 10.5. The Hall–Kier alpha value is -1.40. The largest absolute Gasteiger partial charge is 0.385 e. The second-order valence-corrected chi connectivity index (χ2v) is 2.74. The molecule has 1 amide bonds. The fourth-order valence-electron chi connectivity index (χ4n) is 0.984. The number of rotatable bonds is 3. The van der Waals surface area contributed by atoms with E-state index < -0.39 is 18.1 Å². The maximum Gasteiger partial charge on any atom is 0.249 e. The molecular weight excluding hydrogens is 174 g/mol. The molecule has 2 unspecified atom stereocenters. The van der Waals surface area contributed by atoms with E-state index in [9.17, 15) is 9.90 Å². The van der Waals surface area contributed by atoms with E-state index in [2.05, 4.69) is 10.2 Å². The minimum absolute atomic E-state index is 0.367. The van der Waals surface area contributed by atoms with E-state index in [-0.39, 0.29) is 0 Å². The number of nitrogens with two attached hydrogens (primary N) is 1. The molecule has 0 radical (unpaired) electrons. The molecule has 6 nitrogen and oxygen atoms in total. The van der Waals surface area contributed by atoms with E-state index in [0.717, 1.165) is 0 Å². The second-order valence-electron chi connectivity index (χ2n) is 2.74. The first-order valence-corrected chi connectivity index (χ1v) is 3.69. The van der Waals surface area contributed by atoms with Crippen molar-refractivity contribution in [3.63, 3.8) is 0 Å². The van der Waals surface area contributed by atoms with E-state index >= 15 is 0 Å². The number of H-pyrrole nitrogens is 1. The molecule has 0 saturated carbocycles. The Morgan fingerprint density at radius 2 is 2.31 bits per heavy atom. The molecule has 1 rings (SSSR count). The molecule has 0 bridgehead atoms. The molecule has 1 aromatic heterocycles. The van der Waals surface area contributed by atoms with Crippen LogP contribution >= 0.6 is 0 Å². The lowest BCUT2D eigenvalue weighted by atomic mass is 10.1. The Bertz CT molecular complexity index is 310. The molecule has 0 aliphatic heterocycles. The molecule has 6 heteroatoms. The number of amides is 1. The van der Waals surface area contributed by atoms with Crippen LogP contribution in [0.4, 0.5) is 0 Å². The summed E-state index contributed by atoms with van der Waals surface area (Å²) in [6.45, 7) is 1.67. The van der Waals surface area contributed by atoms with Crippen LogP contribution in [0.5, 0.6) is 0 Å². The van der Waals surface area contributed by atoms with Crippen molar-refractivity contribution < 1.29 is 15.0 Å². The highest BCUT2D eigenvalue weighted by Gasteiger charge is 2.25. The molecule has 0 aliphatic carbocycles. The van der Waals surface area contributed by atoms with Crippen LogP contribution in [-0.2, 0) is 4.79 Å². The summed E-state index contributed by atoms with van der Waals surface area (Å²) in [7, 11) is 0. The Morgan fingerprint density at radius 1 is 1.69 bits per heavy atom. The highest BCUT2D eigenvalue weighted by molar-refractivity contribution is 5.79. The minimum Gasteiger partial charge on any atom is -0.385 e. The van der Waals surface area contributed by atoms with Gasteiger partial charge in [0, 0.05) is 11.3 Å². The molecule has 72 valence electrons. The number of nitrogens with one attached hydrogen (secondary N) is 1. The topological polar surface area (TPSA) is 112 Å². The average molecular weight is 185 g/mol. The second kappa shape index (κ2) is 3.55. The van der Waals surface area contributed by atoms with Crippen molar-refractivity contribution in [3.8, 4) is 0 Å². The van der Waals surface area contributed by atoms with Crippen molar-refractivity contribution in [3.05, 3.63) is 17.5 Å². The van der Waals surface area contributed by atoms with Gasteiger partial charge in [-0.25, -0.2) is 0 Å². The van der Waals surface area contributed by atoms with Crippen molar-refractivity contribution in [2.24, 2.45) is 5.73 Å². The molecule has 2 atom stereocenters. The zero-order chi connectivity index (χ0) is 10.0. The fourth-order valence-corrected chi connectivity index (χ4v) is 0.984. The van der Waals surface area contributed by atoms with Gasteiger partial charge in [0.25, 0.3) is 0 Å². The van der Waals surface area contributed by atoms with Crippen molar-refractivity contribution in [2.75, 3.05) is 0 Å². The highest BCUT2D eigenvalue weighted by atomic mass is 16.3. The van der Waals surface area contributed by atoms with Crippen LogP contribution in [0.25, 0.3) is 0 Å². The van der Waals surface area contributed by atoms with E-state index in [0.29, 0.717) is 11.3 Å². The molecule has 13 heavy (non-hydrogen) atoms. The predicted octanol–water partition coefficient (Wildman–Crippen LogP) is -1.40. The van der Waals surface area contributed by atoms with Gasteiger partial charge in [-0.2, -0.15) is 5.10 Å². The monoisotopic (exact) mass is 185 g/mol. The summed E-state index contributed by atoms with van der Waals surface area (Å²) in [6.07, 6.45) is -1.58. The predicted molar refractivity (Wildman–Crippen MR) is 43.5 cm³/mol. The summed E-state index contributed by atoms with van der Waals surface area (Å²) in [5.74, 6) is -0.965. The van der Waals surface area contributed by atoms with Crippen molar-refractivity contribution in [1.82, 2.24) is 10.2 Å². The minimum atomic E-state index is -1.60. The van der Waals surface area contributed by atoms with Gasteiger partial charge in [-0.15, -0.1) is 0 Å². The molecule has 0 fully saturated rings. The van der Waals surface area contributed by atoms with Crippen LogP contribution in [0.15, 0.2) is 6.20 Å². The number of aliphatic hydroxyl groups excluding tert-OH is 2. The number of carbonyl (C=O) groups excluding carboxylic acids is 1. The van der Waals surface area contributed by atoms with Gasteiger partial charge >= 0.3 is 0 Å². The van der Waals surface area contributed by atoms with Crippen molar-refractivity contribution >= 4 is 5.91 Å². The number of aliphatic hydroxyl groups is 2. The summed E-state index contributed by atoms with van der Waals surface area (Å²) < 4.78 is 0. The van der Waals surface area contributed by atoms with Gasteiger partial charge < -0.3 is 15.9 Å². The van der Waals surface area contributed by atoms with Crippen molar-refractivity contribution in [1.29, 1.82) is 0 Å². The van der Waals surface area contributed by atoms with Crippen LogP contribution in [0.2, 0.25) is 0 Å². The SMILES string of the molecule is Cc1[nH]ncc1C(O)C(O)C(N)=O. The van der Waals surface area contributed by atoms with E-state index in [1.807, 2.05) is 0 Å². The van der Waals surface area contributed by atoms with Gasteiger partial charge in [-0.3, -0.25) is 9.89 Å². The number of primary amides is 1. The van der Waals surface area contributed by atoms with Crippen LogP contribution < -0.4 is 5.73 Å². The van der Waals surface area contributed by atoms with E-state index in [1.165, 1.54) is 6.20 Å². The molecular formula is C7H11N3O3. The average Bonchev–Trinajstić information content (AvgIpc) is 2.48. The van der Waals surface area contributed by atoms with Crippen LogP contribution in [0.3, 0.4) is 0 Å². The highest BCUT2D eigenvalue weighted by Crippen LogP contribution is 2.18. The molecule has 1 heterocycles. The van der Waals surface area contributed by atoms with Gasteiger partial charge in [-0.1, -0.05) is 0 Å². The third-order valence-electron chi connectivity index (χ3n) is 1.78. The summed E-state index contributed by atoms with van der Waals surface area (Å²) in [6, 6.07) is 0. The zero-order valence-electron chi connectivity index (χ0n) is 7.06. The normalized spacial score (nSPS) is 15.3. The molecule has 0 aromatic carbocycles. The van der Waals surface area contributed by atoms with Crippen LogP contribution in [-0.4, -0.2) is 32.4 Å². The third kappa shape index (κ3) is 1.85. The Morgan fingerprint density at radius 3 is 2.69 bits per heavy atom. The number of aromatic amines is 1. The quantitative estimate of drug-likeness (QED) is 0.463. The van der Waals surface area contributed by atoms with E-state index in [1.54, 1.807) is 6.92 Å². The van der Waals surface area contributed by atoms with Gasteiger partial charge in [0.1, 0.15) is 6.10 Å². The first-order chi connectivity index (χ1) is 6.04. The molecule has 0 saturated heterocycles. The molecule has 1 aromatic rings. The maximum atomic E-state index is 10.5. The van der Waals surface area contributed by atoms with E-state index in [4.69, 9.17) is 10.8 Å². The summed E-state index contributed by atoms with van der Waals surface area (Å²) >= 11 is 0. The van der Waals surface area contributed by atoms with Gasteiger partial charge in [0.05, 0.1) is 6.20 Å². The Labute approximate surface area is 74.4 Å². The van der Waals surface area contributed by atoms with Gasteiger partial charge in [0.2, 0.25) is 5.91 Å². The lowest BCUT2D eigenvalue weighted by Crippen LogP contribution is -2.33. The molecule has 0 spiro atoms. The summed E-state index contributed by atoms with van der Waals surface area (Å²) in [5.41, 5.74) is 5.77. The van der Waals surface area contributed by atoms with Gasteiger partial charge in [-0.05, 0) is 6.92 Å². The van der Waals surface area contributed by atoms with Gasteiger partial charge in [0.15, 0.2) is 6.10 Å². The standard InChI is InChI=1S/C7H11N3O3/c1-3-4(2-9-10-3)5(11)6(12)7(8)13/h2,5-6,11-12H,1H3,(H2,8,13)(H,9,10). The van der Waals surface area contributed by atoms with Crippen LogP contribution in [0, 0.1) is 6.92 Å². The number of nitrogens with zero attached hydrogens (tertiary/aromatic N) is 1. The Balaban J connectivity index is 2.85. The number of hydrogen-bond donors (Lipinski definition) is 4. The van der Waals surface area contributed by atoms with Crippen molar-refractivity contribution in [2.45, 2.75) is 19.1 Å². The molecule has 5 N–H and O–H groups in total. The zero-order valence-corrected chi connectivity index (χ0v) is 7.06. The lowest BCUT2D eigenvalue weighted by molar-refractivity contribution is -0.131. The number of hydrogen-bond acceptors (Lipinski definition) is 4. The number of aryl methyl sites for hydroxylation is 1. The Kier molecular flexibility index (Phi) is 2.64. The number of aromatic nitrogens is 2. The third-order valence-corrected chi connectivity index (χ3v) is 1.78. The fraction of sp³-hybridized carbons (Fsp3) is 0.429. The summed E-state index contributed by atoms with van der Waals surface area (Å²) in [5, 5.41) is 24.7. The molecule has 0 aliphatic rings.